The van der Waals surface area contributed by atoms with Gasteiger partial charge in [0.1, 0.15) is 0 Å². The fourth-order valence-corrected chi connectivity index (χ4v) is 2.49. The molecule has 0 aromatic heterocycles. The molecule has 2 unspecified atom stereocenters. The zero-order chi connectivity index (χ0) is 10.8. The third-order valence-corrected chi connectivity index (χ3v) is 3.73. The third-order valence-electron chi connectivity index (χ3n) is 3.73. The second-order valence-corrected chi connectivity index (χ2v) is 4.98. The summed E-state index contributed by atoms with van der Waals surface area (Å²) in [5.41, 5.74) is 0. The zero-order valence-corrected chi connectivity index (χ0v) is 9.83. The lowest BCUT2D eigenvalue weighted by Gasteiger charge is -2.32. The fourth-order valence-electron chi connectivity index (χ4n) is 2.49. The van der Waals surface area contributed by atoms with E-state index >= 15 is 0 Å². The number of hydrogen-bond acceptors (Lipinski definition) is 2. The van der Waals surface area contributed by atoms with Crippen LogP contribution in [0.1, 0.15) is 33.1 Å². The number of nitrogens with one attached hydrogen (secondary N) is 1. The topological polar surface area (TPSA) is 32.3 Å². The van der Waals surface area contributed by atoms with Crippen molar-refractivity contribution in [2.75, 3.05) is 19.6 Å². The van der Waals surface area contributed by atoms with Crippen molar-refractivity contribution in [1.29, 1.82) is 0 Å². The van der Waals surface area contributed by atoms with Gasteiger partial charge in [-0.1, -0.05) is 13.8 Å². The molecule has 1 N–H and O–H groups in total. The van der Waals surface area contributed by atoms with E-state index in [1.165, 1.54) is 0 Å². The predicted molar refractivity (Wildman–Crippen MR) is 60.5 cm³/mol. The Bertz CT molecular complexity index is 234. The van der Waals surface area contributed by atoms with Gasteiger partial charge >= 0.3 is 0 Å². The number of hydrogen-bond donors (Lipinski definition) is 1. The summed E-state index contributed by atoms with van der Waals surface area (Å²) < 4.78 is 0. The van der Waals surface area contributed by atoms with Crippen molar-refractivity contribution in [2.45, 2.75) is 39.2 Å². The molecule has 15 heavy (non-hydrogen) atoms. The molecule has 0 aromatic carbocycles. The van der Waals surface area contributed by atoms with Crippen LogP contribution in [0.15, 0.2) is 0 Å². The Kier molecular flexibility index (Phi) is 3.29. The van der Waals surface area contributed by atoms with Crippen LogP contribution in [-0.2, 0) is 4.79 Å². The molecule has 1 heterocycles. The lowest BCUT2D eigenvalue weighted by molar-refractivity contribution is -0.134. The number of amides is 1. The van der Waals surface area contributed by atoms with Crippen LogP contribution in [0.3, 0.4) is 0 Å². The number of nitrogens with zero attached hydrogens (tertiary/aromatic N) is 1. The number of carbonyl (C=O) groups is 1. The standard InChI is InChI=1S/C12H22N2O/c1-3-13-10-4-6-14(7-5-10)12(15)11-8-9(11)2/h9-11,13H,3-8H2,1-2H3. The van der Waals surface area contributed by atoms with Gasteiger partial charge in [0.05, 0.1) is 0 Å². The highest BCUT2D eigenvalue weighted by Crippen LogP contribution is 2.39. The molecule has 3 heteroatoms. The molecule has 1 saturated carbocycles. The summed E-state index contributed by atoms with van der Waals surface area (Å²) >= 11 is 0. The van der Waals surface area contributed by atoms with Gasteiger partial charge in [-0.2, -0.15) is 0 Å². The van der Waals surface area contributed by atoms with E-state index in [9.17, 15) is 4.79 Å². The van der Waals surface area contributed by atoms with E-state index in [0.717, 1.165) is 38.9 Å². The number of piperidine rings is 1. The van der Waals surface area contributed by atoms with E-state index in [4.69, 9.17) is 0 Å². The van der Waals surface area contributed by atoms with E-state index in [0.29, 0.717) is 23.8 Å². The maximum absolute atomic E-state index is 11.9. The lowest BCUT2D eigenvalue weighted by Crippen LogP contribution is -2.45. The molecule has 0 bridgehead atoms. The Balaban J connectivity index is 1.75. The van der Waals surface area contributed by atoms with Crippen LogP contribution in [0.5, 0.6) is 0 Å². The van der Waals surface area contributed by atoms with Crippen molar-refractivity contribution in [3.05, 3.63) is 0 Å². The molecule has 2 fully saturated rings. The molecule has 1 aliphatic heterocycles. The molecule has 0 radical (unpaired) electrons. The van der Waals surface area contributed by atoms with E-state index < -0.39 is 0 Å². The van der Waals surface area contributed by atoms with Crippen LogP contribution in [-0.4, -0.2) is 36.5 Å². The predicted octanol–water partition coefficient (Wildman–Crippen LogP) is 1.24. The second-order valence-electron chi connectivity index (χ2n) is 4.98. The molecular formula is C12H22N2O. The highest BCUT2D eigenvalue weighted by molar-refractivity contribution is 5.81. The normalized spacial score (nSPS) is 31.7. The average molecular weight is 210 g/mol. The molecular weight excluding hydrogens is 188 g/mol. The number of likely N-dealkylation sites (tertiary alicyclic amines) is 1. The van der Waals surface area contributed by atoms with E-state index in [1.807, 2.05) is 0 Å². The van der Waals surface area contributed by atoms with Gasteiger partial charge in [0, 0.05) is 25.0 Å². The second kappa shape index (κ2) is 4.52. The van der Waals surface area contributed by atoms with Gasteiger partial charge in [0.2, 0.25) is 5.91 Å². The van der Waals surface area contributed by atoms with Crippen LogP contribution in [0.4, 0.5) is 0 Å². The van der Waals surface area contributed by atoms with Crippen molar-refractivity contribution >= 4 is 5.91 Å². The maximum atomic E-state index is 11.9. The fraction of sp³-hybridized carbons (Fsp3) is 0.917. The molecule has 2 aliphatic rings. The SMILES string of the molecule is CCNC1CCN(C(=O)C2CC2C)CC1. The molecule has 0 spiro atoms. The first kappa shape index (κ1) is 10.9. The monoisotopic (exact) mass is 210 g/mol. The van der Waals surface area contributed by atoms with E-state index in [2.05, 4.69) is 24.1 Å². The van der Waals surface area contributed by atoms with Crippen molar-refractivity contribution in [3.8, 4) is 0 Å². The summed E-state index contributed by atoms with van der Waals surface area (Å²) in [7, 11) is 0. The average Bonchev–Trinajstić information content (AvgIpc) is 2.96. The minimum Gasteiger partial charge on any atom is -0.342 e. The van der Waals surface area contributed by atoms with Crippen LogP contribution < -0.4 is 5.32 Å². The first-order chi connectivity index (χ1) is 7.22. The summed E-state index contributed by atoms with van der Waals surface area (Å²) in [6.45, 7) is 7.27. The van der Waals surface area contributed by atoms with Gasteiger partial charge in [0.25, 0.3) is 0 Å². The van der Waals surface area contributed by atoms with Gasteiger partial charge < -0.3 is 10.2 Å². The van der Waals surface area contributed by atoms with Crippen LogP contribution in [0, 0.1) is 11.8 Å². The minimum absolute atomic E-state index is 0.362. The third kappa shape index (κ3) is 2.51. The van der Waals surface area contributed by atoms with Crippen LogP contribution in [0.25, 0.3) is 0 Å². The quantitative estimate of drug-likeness (QED) is 0.760. The highest BCUT2D eigenvalue weighted by atomic mass is 16.2. The Morgan fingerprint density at radius 1 is 1.40 bits per heavy atom. The summed E-state index contributed by atoms with van der Waals surface area (Å²) in [6.07, 6.45) is 3.37. The Morgan fingerprint density at radius 3 is 2.47 bits per heavy atom. The molecule has 2 rings (SSSR count). The minimum atomic E-state index is 0.362. The molecule has 0 aromatic rings. The van der Waals surface area contributed by atoms with E-state index in [1.54, 1.807) is 0 Å². The summed E-state index contributed by atoms with van der Waals surface area (Å²) in [4.78, 5) is 14.0. The molecule has 3 nitrogen and oxygen atoms in total. The summed E-state index contributed by atoms with van der Waals surface area (Å²) in [5, 5.41) is 3.46. The highest BCUT2D eigenvalue weighted by Gasteiger charge is 2.41. The van der Waals surface area contributed by atoms with Crippen molar-refractivity contribution in [3.63, 3.8) is 0 Å². The first-order valence-electron chi connectivity index (χ1n) is 6.24. The van der Waals surface area contributed by atoms with Gasteiger partial charge in [-0.3, -0.25) is 4.79 Å². The molecule has 2 atom stereocenters. The van der Waals surface area contributed by atoms with Crippen molar-refractivity contribution in [1.82, 2.24) is 10.2 Å². The lowest BCUT2D eigenvalue weighted by atomic mass is 10.0. The summed E-state index contributed by atoms with van der Waals surface area (Å²) in [5.74, 6) is 1.42. The Morgan fingerprint density at radius 2 is 2.00 bits per heavy atom. The van der Waals surface area contributed by atoms with Gasteiger partial charge in [-0.25, -0.2) is 0 Å². The Labute approximate surface area is 92.2 Å². The van der Waals surface area contributed by atoms with Crippen LogP contribution >= 0.6 is 0 Å². The molecule has 86 valence electrons. The maximum Gasteiger partial charge on any atom is 0.225 e. The van der Waals surface area contributed by atoms with Crippen molar-refractivity contribution < 1.29 is 4.79 Å². The smallest absolute Gasteiger partial charge is 0.225 e. The van der Waals surface area contributed by atoms with E-state index in [-0.39, 0.29) is 0 Å². The van der Waals surface area contributed by atoms with Gasteiger partial charge in [0.15, 0.2) is 0 Å². The molecule has 1 amide bonds. The van der Waals surface area contributed by atoms with Crippen molar-refractivity contribution in [2.24, 2.45) is 11.8 Å². The molecule has 1 saturated heterocycles. The number of carbonyl (C=O) groups excluding carboxylic acids is 1. The van der Waals surface area contributed by atoms with Gasteiger partial charge in [-0.15, -0.1) is 0 Å². The Hall–Kier alpha value is -0.570. The van der Waals surface area contributed by atoms with Crippen LogP contribution in [0.2, 0.25) is 0 Å². The van der Waals surface area contributed by atoms with Gasteiger partial charge in [-0.05, 0) is 31.7 Å². The first-order valence-corrected chi connectivity index (χ1v) is 6.24. The summed E-state index contributed by atoms with van der Waals surface area (Å²) in [6, 6.07) is 0.635. The number of rotatable bonds is 3. The molecule has 1 aliphatic carbocycles. The zero-order valence-electron chi connectivity index (χ0n) is 9.83. The largest absolute Gasteiger partial charge is 0.342 e.